The van der Waals surface area contributed by atoms with Gasteiger partial charge < -0.3 is 0 Å². The van der Waals surface area contributed by atoms with E-state index in [2.05, 4.69) is 30.9 Å². The van der Waals surface area contributed by atoms with E-state index in [0.29, 0.717) is 0 Å². The third kappa shape index (κ3) is 3.09. The second kappa shape index (κ2) is 5.10. The molecule has 50 valence electrons. The van der Waals surface area contributed by atoms with Crippen LogP contribution in [0.3, 0.4) is 0 Å². The van der Waals surface area contributed by atoms with E-state index in [0.717, 1.165) is 8.58 Å². The molecule has 1 atom stereocenters. The molecular weight excluding hydrogens is 305 g/mol. The zero-order valence-corrected chi connectivity index (χ0v) is 8.78. The van der Waals surface area contributed by atoms with Gasteiger partial charge in [-0.1, -0.05) is 38.9 Å². The van der Waals surface area contributed by atoms with Crippen LogP contribution in [-0.2, 0) is 19.8 Å². The van der Waals surface area contributed by atoms with Crippen LogP contribution in [0.25, 0.3) is 0 Å². The van der Waals surface area contributed by atoms with Gasteiger partial charge in [0.1, 0.15) is 0 Å². The summed E-state index contributed by atoms with van der Waals surface area (Å²) < 4.78 is 0. The number of hydrogen-bond acceptors (Lipinski definition) is 0. The first-order valence-electron chi connectivity index (χ1n) is 2.66. The molecule has 0 aliphatic heterocycles. The molecule has 1 unspecified atom stereocenters. The van der Waals surface area contributed by atoms with Gasteiger partial charge in [-0.15, -0.1) is 0 Å². The SMILES string of the molecule is CPc1ccccc1.[Os]. The van der Waals surface area contributed by atoms with E-state index in [1.165, 1.54) is 5.30 Å². The van der Waals surface area contributed by atoms with Gasteiger partial charge in [-0.05, 0) is 12.0 Å². The Kier molecular flexibility index (Phi) is 5.26. The summed E-state index contributed by atoms with van der Waals surface area (Å²) in [6.45, 7) is 2.19. The van der Waals surface area contributed by atoms with Crippen molar-refractivity contribution in [3.63, 3.8) is 0 Å². The molecule has 0 aromatic heterocycles. The van der Waals surface area contributed by atoms with E-state index < -0.39 is 0 Å². The van der Waals surface area contributed by atoms with Crippen LogP contribution in [-0.4, -0.2) is 6.66 Å². The molecule has 0 amide bonds. The zero-order valence-electron chi connectivity index (χ0n) is 5.24. The van der Waals surface area contributed by atoms with Crippen molar-refractivity contribution in [2.45, 2.75) is 0 Å². The predicted molar refractivity (Wildman–Crippen MR) is 40.3 cm³/mol. The fraction of sp³-hybridized carbons (Fsp3) is 0.143. The fourth-order valence-electron chi connectivity index (χ4n) is 0.605. The molecular formula is C7H9OsP. The van der Waals surface area contributed by atoms with Gasteiger partial charge in [0.2, 0.25) is 0 Å². The van der Waals surface area contributed by atoms with E-state index in [9.17, 15) is 0 Å². The van der Waals surface area contributed by atoms with Crippen LogP contribution in [0.4, 0.5) is 0 Å². The number of rotatable bonds is 1. The molecule has 0 radical (unpaired) electrons. The van der Waals surface area contributed by atoms with Crippen LogP contribution < -0.4 is 5.30 Å². The summed E-state index contributed by atoms with van der Waals surface area (Å²) in [7, 11) is 0.930. The average Bonchev–Trinajstić information content (AvgIpc) is 1.90. The first-order valence-corrected chi connectivity index (χ1v) is 4.16. The molecule has 0 N–H and O–H groups in total. The minimum Gasteiger partial charge on any atom is -0.0936 e. The van der Waals surface area contributed by atoms with E-state index in [-0.39, 0.29) is 19.8 Å². The summed E-state index contributed by atoms with van der Waals surface area (Å²) in [6.07, 6.45) is 0. The molecule has 0 saturated carbocycles. The molecule has 1 rings (SSSR count). The molecule has 0 bridgehead atoms. The Bertz CT molecular complexity index is 150. The van der Waals surface area contributed by atoms with Crippen LogP contribution in [0, 0.1) is 0 Å². The molecule has 1 aromatic rings. The topological polar surface area (TPSA) is 0 Å². The molecule has 2 heteroatoms. The molecule has 1 aromatic carbocycles. The van der Waals surface area contributed by atoms with E-state index in [1.54, 1.807) is 0 Å². The van der Waals surface area contributed by atoms with Gasteiger partial charge in [0.15, 0.2) is 0 Å². The van der Waals surface area contributed by atoms with E-state index in [1.807, 2.05) is 6.07 Å². The van der Waals surface area contributed by atoms with Gasteiger partial charge in [-0.2, -0.15) is 0 Å². The molecule has 0 fully saturated rings. The molecule has 0 heterocycles. The second-order valence-corrected chi connectivity index (χ2v) is 2.69. The normalized spacial score (nSPS) is 9.44. The predicted octanol–water partition coefficient (Wildman–Crippen LogP) is 1.62. The first-order chi connectivity index (χ1) is 3.93. The van der Waals surface area contributed by atoms with Crippen LogP contribution in [0.5, 0.6) is 0 Å². The summed E-state index contributed by atoms with van der Waals surface area (Å²) in [4.78, 5) is 0. The van der Waals surface area contributed by atoms with E-state index >= 15 is 0 Å². The maximum atomic E-state index is 2.19. The van der Waals surface area contributed by atoms with Crippen molar-refractivity contribution < 1.29 is 19.8 Å². The summed E-state index contributed by atoms with van der Waals surface area (Å²) in [5.41, 5.74) is 0. The second-order valence-electron chi connectivity index (χ2n) is 1.62. The van der Waals surface area contributed by atoms with Gasteiger partial charge in [0.05, 0.1) is 0 Å². The fourth-order valence-corrected chi connectivity index (χ4v) is 1.13. The molecule has 0 nitrogen and oxygen atoms in total. The van der Waals surface area contributed by atoms with Gasteiger partial charge in [0, 0.05) is 19.8 Å². The Morgan fingerprint density at radius 3 is 2.00 bits per heavy atom. The standard InChI is InChI=1S/C7H9P.Os/c1-8-7-5-3-2-4-6-7;/h2-6,8H,1H3;. The van der Waals surface area contributed by atoms with Crippen LogP contribution in [0.1, 0.15) is 0 Å². The Balaban J connectivity index is 0.000000640. The monoisotopic (exact) mass is 316 g/mol. The molecule has 9 heavy (non-hydrogen) atoms. The van der Waals surface area contributed by atoms with Crippen molar-refractivity contribution in [2.24, 2.45) is 0 Å². The van der Waals surface area contributed by atoms with Crippen LogP contribution in [0.2, 0.25) is 0 Å². The third-order valence-corrected chi connectivity index (χ3v) is 1.97. The minimum absolute atomic E-state index is 0. The minimum atomic E-state index is 0. The van der Waals surface area contributed by atoms with Crippen molar-refractivity contribution in [1.82, 2.24) is 0 Å². The first kappa shape index (κ1) is 9.29. The molecule has 0 saturated heterocycles. The van der Waals surface area contributed by atoms with Crippen LogP contribution in [0.15, 0.2) is 30.3 Å². The largest absolute Gasteiger partial charge is 0.0936 e. The van der Waals surface area contributed by atoms with Gasteiger partial charge in [-0.25, -0.2) is 0 Å². The summed E-state index contributed by atoms with van der Waals surface area (Å²) in [5, 5.41) is 1.44. The Morgan fingerprint density at radius 2 is 1.67 bits per heavy atom. The number of benzene rings is 1. The van der Waals surface area contributed by atoms with Crippen molar-refractivity contribution in [2.75, 3.05) is 6.66 Å². The quantitative estimate of drug-likeness (QED) is 0.691. The van der Waals surface area contributed by atoms with Crippen molar-refractivity contribution in [3.05, 3.63) is 30.3 Å². The average molecular weight is 314 g/mol. The van der Waals surface area contributed by atoms with E-state index in [4.69, 9.17) is 0 Å². The maximum absolute atomic E-state index is 2.19. The Hall–Kier alpha value is 0.286. The maximum Gasteiger partial charge on any atom is 0 e. The molecule has 0 aliphatic carbocycles. The smallest absolute Gasteiger partial charge is 0 e. The zero-order chi connectivity index (χ0) is 5.82. The Labute approximate surface area is 70.9 Å². The van der Waals surface area contributed by atoms with Crippen molar-refractivity contribution in [1.29, 1.82) is 0 Å². The number of hydrogen-bond donors (Lipinski definition) is 0. The molecule has 0 aliphatic rings. The third-order valence-electron chi connectivity index (χ3n) is 1.06. The summed E-state index contributed by atoms with van der Waals surface area (Å²) >= 11 is 0. The van der Waals surface area contributed by atoms with Crippen LogP contribution >= 0.6 is 8.58 Å². The molecule has 0 spiro atoms. The Morgan fingerprint density at radius 1 is 1.11 bits per heavy atom. The van der Waals surface area contributed by atoms with Gasteiger partial charge in [-0.3, -0.25) is 0 Å². The summed E-state index contributed by atoms with van der Waals surface area (Å²) in [6, 6.07) is 10.5. The van der Waals surface area contributed by atoms with Gasteiger partial charge in [0.25, 0.3) is 0 Å². The van der Waals surface area contributed by atoms with Gasteiger partial charge >= 0.3 is 0 Å². The van der Waals surface area contributed by atoms with Crippen molar-refractivity contribution >= 4 is 13.9 Å². The van der Waals surface area contributed by atoms with Crippen molar-refractivity contribution in [3.8, 4) is 0 Å². The summed E-state index contributed by atoms with van der Waals surface area (Å²) in [5.74, 6) is 0.